The van der Waals surface area contributed by atoms with Crippen molar-refractivity contribution >= 4 is 0 Å². The first-order chi connectivity index (χ1) is 7.48. The molecule has 0 aliphatic heterocycles. The molecule has 1 fully saturated rings. The number of aromatic nitrogens is 2. The Morgan fingerprint density at radius 2 is 2.12 bits per heavy atom. The lowest BCUT2D eigenvalue weighted by atomic mass is 9.82. The Morgan fingerprint density at radius 3 is 2.62 bits per heavy atom. The topological polar surface area (TPSA) is 38.0 Å². The zero-order chi connectivity index (χ0) is 11.8. The molecular formula is C11H16F2N2O. The number of aryl methyl sites for hydroxylation is 1. The summed E-state index contributed by atoms with van der Waals surface area (Å²) in [5.41, 5.74) is 0.720. The standard InChI is InChI=1S/C11H16F2N2O/c1-15-7-9(6-14-15)10(16)8-2-4-11(12,13)5-3-8/h6-8,10,16H,2-5H2,1H3. The molecular weight excluding hydrogens is 214 g/mol. The molecule has 1 aliphatic rings. The van der Waals surface area contributed by atoms with Crippen molar-refractivity contribution in [1.82, 2.24) is 9.78 Å². The van der Waals surface area contributed by atoms with Gasteiger partial charge >= 0.3 is 0 Å². The van der Waals surface area contributed by atoms with Gasteiger partial charge in [0.05, 0.1) is 12.3 Å². The molecule has 1 aliphatic carbocycles. The van der Waals surface area contributed by atoms with Crippen molar-refractivity contribution in [3.05, 3.63) is 18.0 Å². The molecule has 0 aromatic carbocycles. The van der Waals surface area contributed by atoms with Crippen molar-refractivity contribution in [3.63, 3.8) is 0 Å². The van der Waals surface area contributed by atoms with E-state index in [1.165, 1.54) is 0 Å². The number of nitrogens with zero attached hydrogens (tertiary/aromatic N) is 2. The van der Waals surface area contributed by atoms with Gasteiger partial charge in [-0.1, -0.05) is 0 Å². The summed E-state index contributed by atoms with van der Waals surface area (Å²) in [5, 5.41) is 14.0. The zero-order valence-corrected chi connectivity index (χ0v) is 9.24. The highest BCUT2D eigenvalue weighted by molar-refractivity contribution is 5.09. The number of rotatable bonds is 2. The number of aliphatic hydroxyl groups is 1. The van der Waals surface area contributed by atoms with Gasteiger partial charge in [0.2, 0.25) is 5.92 Å². The molecule has 1 unspecified atom stereocenters. The first-order valence-corrected chi connectivity index (χ1v) is 5.52. The molecule has 3 nitrogen and oxygen atoms in total. The summed E-state index contributed by atoms with van der Waals surface area (Å²) in [6, 6.07) is 0. The third-order valence-corrected chi connectivity index (χ3v) is 3.27. The monoisotopic (exact) mass is 230 g/mol. The molecule has 1 atom stereocenters. The van der Waals surface area contributed by atoms with Crippen LogP contribution in [0.15, 0.2) is 12.4 Å². The molecule has 1 N–H and O–H groups in total. The average molecular weight is 230 g/mol. The van der Waals surface area contributed by atoms with Crippen molar-refractivity contribution in [2.75, 3.05) is 0 Å². The van der Waals surface area contributed by atoms with Gasteiger partial charge in [-0.05, 0) is 18.8 Å². The third kappa shape index (κ3) is 2.40. The van der Waals surface area contributed by atoms with Crippen molar-refractivity contribution in [3.8, 4) is 0 Å². The van der Waals surface area contributed by atoms with Crippen LogP contribution in [0.4, 0.5) is 8.78 Å². The van der Waals surface area contributed by atoms with Gasteiger partial charge in [-0.2, -0.15) is 5.10 Å². The van der Waals surface area contributed by atoms with E-state index in [0.29, 0.717) is 12.8 Å². The van der Waals surface area contributed by atoms with Crippen LogP contribution in [0.25, 0.3) is 0 Å². The van der Waals surface area contributed by atoms with E-state index in [1.807, 2.05) is 0 Å². The van der Waals surface area contributed by atoms with E-state index in [1.54, 1.807) is 24.1 Å². The maximum absolute atomic E-state index is 12.9. The van der Waals surface area contributed by atoms with Crippen molar-refractivity contribution in [2.24, 2.45) is 13.0 Å². The minimum absolute atomic E-state index is 0.0659. The van der Waals surface area contributed by atoms with E-state index in [4.69, 9.17) is 0 Å². The number of hydrogen-bond acceptors (Lipinski definition) is 2. The minimum atomic E-state index is -2.54. The van der Waals surface area contributed by atoms with E-state index in [0.717, 1.165) is 5.56 Å². The van der Waals surface area contributed by atoms with Gasteiger partial charge in [-0.15, -0.1) is 0 Å². The number of aliphatic hydroxyl groups excluding tert-OH is 1. The summed E-state index contributed by atoms with van der Waals surface area (Å²) in [5.74, 6) is -2.60. The lowest BCUT2D eigenvalue weighted by molar-refractivity contribution is -0.0627. The van der Waals surface area contributed by atoms with Crippen LogP contribution >= 0.6 is 0 Å². The summed E-state index contributed by atoms with van der Waals surface area (Å²) in [7, 11) is 1.77. The second kappa shape index (κ2) is 4.13. The predicted molar refractivity (Wildman–Crippen MR) is 55.1 cm³/mol. The molecule has 0 spiro atoms. The van der Waals surface area contributed by atoms with Gasteiger partial charge in [0, 0.05) is 31.6 Å². The van der Waals surface area contributed by atoms with E-state index in [2.05, 4.69) is 5.10 Å². The van der Waals surface area contributed by atoms with Crippen LogP contribution in [0, 0.1) is 5.92 Å². The van der Waals surface area contributed by atoms with Crippen molar-refractivity contribution in [2.45, 2.75) is 37.7 Å². The SMILES string of the molecule is Cn1cc(C(O)C2CCC(F)(F)CC2)cn1. The van der Waals surface area contributed by atoms with Gasteiger partial charge in [0.1, 0.15) is 0 Å². The van der Waals surface area contributed by atoms with Gasteiger partial charge < -0.3 is 5.11 Å². The van der Waals surface area contributed by atoms with Gasteiger partial charge in [0.15, 0.2) is 0 Å². The smallest absolute Gasteiger partial charge is 0.248 e. The largest absolute Gasteiger partial charge is 0.388 e. The quantitative estimate of drug-likeness (QED) is 0.846. The molecule has 2 rings (SSSR count). The summed E-state index contributed by atoms with van der Waals surface area (Å²) < 4.78 is 27.5. The average Bonchev–Trinajstić information content (AvgIpc) is 2.64. The second-order valence-electron chi connectivity index (χ2n) is 4.59. The van der Waals surface area contributed by atoms with Gasteiger partial charge in [-0.3, -0.25) is 4.68 Å². The summed E-state index contributed by atoms with van der Waals surface area (Å²) >= 11 is 0. The molecule has 0 radical (unpaired) electrons. The highest BCUT2D eigenvalue weighted by Crippen LogP contribution is 2.41. The number of alkyl halides is 2. The molecule has 0 amide bonds. The summed E-state index contributed by atoms with van der Waals surface area (Å²) in [4.78, 5) is 0. The molecule has 1 aromatic heterocycles. The maximum atomic E-state index is 12.9. The van der Waals surface area contributed by atoms with Crippen LogP contribution in [0.2, 0.25) is 0 Å². The summed E-state index contributed by atoms with van der Waals surface area (Å²) in [6.07, 6.45) is 3.19. The molecule has 5 heteroatoms. The van der Waals surface area contributed by atoms with Crippen LogP contribution in [-0.4, -0.2) is 20.8 Å². The van der Waals surface area contributed by atoms with Crippen molar-refractivity contribution < 1.29 is 13.9 Å². The Bertz CT molecular complexity index is 355. The maximum Gasteiger partial charge on any atom is 0.248 e. The highest BCUT2D eigenvalue weighted by atomic mass is 19.3. The molecule has 90 valence electrons. The normalized spacial score (nSPS) is 23.2. The third-order valence-electron chi connectivity index (χ3n) is 3.27. The van der Waals surface area contributed by atoms with E-state index in [-0.39, 0.29) is 18.8 Å². The number of hydrogen-bond donors (Lipinski definition) is 1. The molecule has 0 bridgehead atoms. The lowest BCUT2D eigenvalue weighted by Gasteiger charge is -2.30. The fraction of sp³-hybridized carbons (Fsp3) is 0.727. The Labute approximate surface area is 93.1 Å². The van der Waals surface area contributed by atoms with E-state index < -0.39 is 12.0 Å². The van der Waals surface area contributed by atoms with Crippen LogP contribution in [0.5, 0.6) is 0 Å². The Morgan fingerprint density at radius 1 is 1.50 bits per heavy atom. The molecule has 16 heavy (non-hydrogen) atoms. The molecule has 1 aromatic rings. The van der Waals surface area contributed by atoms with Gasteiger partial charge in [-0.25, -0.2) is 8.78 Å². The zero-order valence-electron chi connectivity index (χ0n) is 9.24. The molecule has 1 heterocycles. The van der Waals surface area contributed by atoms with E-state index >= 15 is 0 Å². The lowest BCUT2D eigenvalue weighted by Crippen LogP contribution is -2.27. The Hall–Kier alpha value is -0.970. The van der Waals surface area contributed by atoms with Crippen LogP contribution < -0.4 is 0 Å². The first-order valence-electron chi connectivity index (χ1n) is 5.52. The fourth-order valence-electron chi connectivity index (χ4n) is 2.24. The number of halogens is 2. The van der Waals surface area contributed by atoms with Crippen molar-refractivity contribution in [1.29, 1.82) is 0 Å². The predicted octanol–water partition coefficient (Wildman–Crippen LogP) is 2.28. The Balaban J connectivity index is 1.99. The first kappa shape index (κ1) is 11.5. The Kier molecular flexibility index (Phi) is 2.97. The van der Waals surface area contributed by atoms with Crippen LogP contribution in [0.1, 0.15) is 37.4 Å². The van der Waals surface area contributed by atoms with E-state index in [9.17, 15) is 13.9 Å². The van der Waals surface area contributed by atoms with Crippen LogP contribution in [0.3, 0.4) is 0 Å². The molecule has 0 saturated heterocycles. The minimum Gasteiger partial charge on any atom is -0.388 e. The fourth-order valence-corrected chi connectivity index (χ4v) is 2.24. The van der Waals surface area contributed by atoms with Crippen LogP contribution in [-0.2, 0) is 7.05 Å². The molecule has 1 saturated carbocycles. The summed E-state index contributed by atoms with van der Waals surface area (Å²) in [6.45, 7) is 0. The van der Waals surface area contributed by atoms with Gasteiger partial charge in [0.25, 0.3) is 0 Å². The second-order valence-corrected chi connectivity index (χ2v) is 4.59. The highest BCUT2D eigenvalue weighted by Gasteiger charge is 2.37.